The quantitative estimate of drug-likeness (QED) is 0.516. The van der Waals surface area contributed by atoms with Crippen LogP contribution in [0.2, 0.25) is 0 Å². The molecular weight excluding hydrogens is 333 g/mol. The number of hydrogen-bond donors (Lipinski definition) is 0. The third-order valence-corrected chi connectivity index (χ3v) is 4.09. The molecule has 0 saturated heterocycles. The molecule has 3 rings (SSSR count). The summed E-state index contributed by atoms with van der Waals surface area (Å²) in [6.45, 7) is 5.23. The highest BCUT2D eigenvalue weighted by Crippen LogP contribution is 2.21. The van der Waals surface area contributed by atoms with Crippen molar-refractivity contribution in [3.63, 3.8) is 0 Å². The van der Waals surface area contributed by atoms with Crippen LogP contribution in [0.25, 0.3) is 10.9 Å². The van der Waals surface area contributed by atoms with Gasteiger partial charge in [0, 0.05) is 16.6 Å². The topological polar surface area (TPSA) is 56.3 Å². The van der Waals surface area contributed by atoms with Crippen LogP contribution in [0.3, 0.4) is 0 Å². The predicted octanol–water partition coefficient (Wildman–Crippen LogP) is 4.42. The van der Waals surface area contributed by atoms with Crippen molar-refractivity contribution in [1.29, 1.82) is 0 Å². The molecule has 1 heterocycles. The maximum absolute atomic E-state index is 13.0. The van der Waals surface area contributed by atoms with Gasteiger partial charge in [-0.25, -0.2) is 9.18 Å². The molecule has 0 radical (unpaired) electrons. The number of aromatic nitrogens is 1. The van der Waals surface area contributed by atoms with Crippen molar-refractivity contribution in [3.8, 4) is 0 Å². The van der Waals surface area contributed by atoms with Gasteiger partial charge in [-0.05, 0) is 63.2 Å². The van der Waals surface area contributed by atoms with Gasteiger partial charge < -0.3 is 4.74 Å². The first-order valence-corrected chi connectivity index (χ1v) is 8.24. The maximum atomic E-state index is 13.0. The van der Waals surface area contributed by atoms with Crippen molar-refractivity contribution in [2.45, 2.75) is 26.9 Å². The third-order valence-electron chi connectivity index (χ3n) is 4.09. The summed E-state index contributed by atoms with van der Waals surface area (Å²) in [6, 6.07) is 12.4. The molecular formula is C21H18FNO3. The Kier molecular flexibility index (Phi) is 4.80. The Bertz CT molecular complexity index is 996. The molecule has 0 amide bonds. The Balaban J connectivity index is 1.88. The van der Waals surface area contributed by atoms with E-state index in [1.165, 1.54) is 31.2 Å². The fraction of sp³-hybridized carbons (Fsp3) is 0.190. The second-order valence-electron chi connectivity index (χ2n) is 6.25. The van der Waals surface area contributed by atoms with Gasteiger partial charge in [-0.3, -0.25) is 9.78 Å². The van der Waals surface area contributed by atoms with Crippen LogP contribution in [0.15, 0.2) is 48.5 Å². The monoisotopic (exact) mass is 351 g/mol. The van der Waals surface area contributed by atoms with E-state index in [4.69, 9.17) is 4.74 Å². The zero-order chi connectivity index (χ0) is 18.8. The summed E-state index contributed by atoms with van der Waals surface area (Å²) in [5, 5.41) is 0.682. The largest absolute Gasteiger partial charge is 0.451 e. The van der Waals surface area contributed by atoms with E-state index in [0.717, 1.165) is 5.56 Å². The number of nitrogens with zero attached hydrogens (tertiary/aromatic N) is 1. The number of ether oxygens (including phenoxy) is 1. The number of fused-ring (bicyclic) bond motifs is 1. The Morgan fingerprint density at radius 3 is 2.42 bits per heavy atom. The smallest absolute Gasteiger partial charge is 0.339 e. The van der Waals surface area contributed by atoms with Crippen LogP contribution in [-0.4, -0.2) is 22.8 Å². The van der Waals surface area contributed by atoms with Crippen LogP contribution in [-0.2, 0) is 4.74 Å². The van der Waals surface area contributed by atoms with Crippen molar-refractivity contribution >= 4 is 22.7 Å². The number of carbonyl (C=O) groups excluding carboxylic acids is 2. The Morgan fingerprint density at radius 2 is 1.73 bits per heavy atom. The second kappa shape index (κ2) is 7.04. The van der Waals surface area contributed by atoms with E-state index in [2.05, 4.69) is 4.98 Å². The van der Waals surface area contributed by atoms with Crippen molar-refractivity contribution in [2.24, 2.45) is 0 Å². The van der Waals surface area contributed by atoms with Crippen molar-refractivity contribution < 1.29 is 18.7 Å². The van der Waals surface area contributed by atoms with E-state index < -0.39 is 17.9 Å². The summed E-state index contributed by atoms with van der Waals surface area (Å²) in [6.07, 6.45) is -0.985. The van der Waals surface area contributed by atoms with E-state index in [9.17, 15) is 14.0 Å². The SMILES string of the molecule is Cc1ccc2nc(C)cc(C(=O)OC(C)C(=O)c3ccc(F)cc3)c2c1. The molecule has 0 aliphatic rings. The predicted molar refractivity (Wildman–Crippen MR) is 96.8 cm³/mol. The summed E-state index contributed by atoms with van der Waals surface area (Å²) >= 11 is 0. The minimum absolute atomic E-state index is 0.290. The van der Waals surface area contributed by atoms with E-state index in [-0.39, 0.29) is 5.78 Å². The normalized spacial score (nSPS) is 12.0. The Labute approximate surface area is 150 Å². The van der Waals surface area contributed by atoms with Gasteiger partial charge in [0.15, 0.2) is 6.10 Å². The molecule has 0 saturated carbocycles. The molecule has 0 N–H and O–H groups in total. The van der Waals surface area contributed by atoms with Gasteiger partial charge in [0.25, 0.3) is 0 Å². The average molecular weight is 351 g/mol. The van der Waals surface area contributed by atoms with Crippen LogP contribution in [0, 0.1) is 19.7 Å². The molecule has 0 spiro atoms. The number of benzene rings is 2. The molecule has 1 atom stereocenters. The van der Waals surface area contributed by atoms with E-state index in [0.29, 0.717) is 27.7 Å². The lowest BCUT2D eigenvalue weighted by atomic mass is 10.0. The molecule has 26 heavy (non-hydrogen) atoms. The van der Waals surface area contributed by atoms with E-state index in [1.54, 1.807) is 13.0 Å². The molecule has 4 nitrogen and oxygen atoms in total. The summed E-state index contributed by atoms with van der Waals surface area (Å²) in [7, 11) is 0. The Morgan fingerprint density at radius 1 is 1.04 bits per heavy atom. The number of halogens is 1. The molecule has 1 unspecified atom stereocenters. The number of esters is 1. The van der Waals surface area contributed by atoms with Crippen LogP contribution in [0.5, 0.6) is 0 Å². The van der Waals surface area contributed by atoms with Gasteiger partial charge in [0.05, 0.1) is 11.1 Å². The van der Waals surface area contributed by atoms with E-state index in [1.807, 2.05) is 25.1 Å². The van der Waals surface area contributed by atoms with Crippen LogP contribution >= 0.6 is 0 Å². The highest BCUT2D eigenvalue weighted by Gasteiger charge is 2.22. The van der Waals surface area contributed by atoms with Crippen molar-refractivity contribution in [3.05, 3.63) is 76.7 Å². The van der Waals surface area contributed by atoms with Gasteiger partial charge in [-0.1, -0.05) is 11.6 Å². The fourth-order valence-corrected chi connectivity index (χ4v) is 2.77. The van der Waals surface area contributed by atoms with Gasteiger partial charge >= 0.3 is 5.97 Å². The minimum atomic E-state index is -0.985. The average Bonchev–Trinajstić information content (AvgIpc) is 2.61. The lowest BCUT2D eigenvalue weighted by Gasteiger charge is -2.14. The number of rotatable bonds is 4. The molecule has 0 bridgehead atoms. The molecule has 0 aliphatic heterocycles. The number of Topliss-reactive ketones (excluding diaryl/α,β-unsaturated/α-hetero) is 1. The zero-order valence-electron chi connectivity index (χ0n) is 14.7. The molecule has 0 fully saturated rings. The molecule has 2 aromatic carbocycles. The number of ketones is 1. The third kappa shape index (κ3) is 3.61. The Hall–Kier alpha value is -3.08. The molecule has 132 valence electrons. The second-order valence-corrected chi connectivity index (χ2v) is 6.25. The number of carbonyl (C=O) groups is 2. The highest BCUT2D eigenvalue weighted by atomic mass is 19.1. The minimum Gasteiger partial charge on any atom is -0.451 e. The van der Waals surface area contributed by atoms with Crippen molar-refractivity contribution in [2.75, 3.05) is 0 Å². The summed E-state index contributed by atoms with van der Waals surface area (Å²) in [5.74, 6) is -1.40. The maximum Gasteiger partial charge on any atom is 0.339 e. The molecule has 1 aromatic heterocycles. The van der Waals surface area contributed by atoms with Crippen LogP contribution in [0.1, 0.15) is 38.9 Å². The number of pyridine rings is 1. The number of hydrogen-bond acceptors (Lipinski definition) is 4. The summed E-state index contributed by atoms with van der Waals surface area (Å²) < 4.78 is 18.4. The standard InChI is InChI=1S/C21H18FNO3/c1-12-4-9-19-17(10-12)18(11-13(2)23-19)21(25)26-14(3)20(24)15-5-7-16(22)8-6-15/h4-11,14H,1-3H3. The molecule has 5 heteroatoms. The highest BCUT2D eigenvalue weighted by molar-refractivity contribution is 6.06. The summed E-state index contributed by atoms with van der Waals surface area (Å²) in [4.78, 5) is 29.5. The first-order chi connectivity index (χ1) is 12.3. The van der Waals surface area contributed by atoms with Gasteiger partial charge in [-0.2, -0.15) is 0 Å². The van der Waals surface area contributed by atoms with Gasteiger partial charge in [-0.15, -0.1) is 0 Å². The van der Waals surface area contributed by atoms with Crippen molar-refractivity contribution in [1.82, 2.24) is 4.98 Å². The lowest BCUT2D eigenvalue weighted by molar-refractivity contribution is 0.0320. The van der Waals surface area contributed by atoms with E-state index >= 15 is 0 Å². The zero-order valence-corrected chi connectivity index (χ0v) is 14.7. The lowest BCUT2D eigenvalue weighted by Crippen LogP contribution is -2.24. The van der Waals surface area contributed by atoms with Gasteiger partial charge in [0.1, 0.15) is 5.82 Å². The van der Waals surface area contributed by atoms with Crippen LogP contribution in [0.4, 0.5) is 4.39 Å². The fourth-order valence-electron chi connectivity index (χ4n) is 2.77. The first kappa shape index (κ1) is 17.7. The number of aryl methyl sites for hydroxylation is 2. The van der Waals surface area contributed by atoms with Crippen LogP contribution < -0.4 is 0 Å². The molecule has 0 aliphatic carbocycles. The summed E-state index contributed by atoms with van der Waals surface area (Å²) in [5.41, 5.74) is 3.03. The first-order valence-electron chi connectivity index (χ1n) is 8.24. The molecule has 3 aromatic rings. The van der Waals surface area contributed by atoms with Gasteiger partial charge in [0.2, 0.25) is 5.78 Å².